The molecule has 0 saturated carbocycles. The summed E-state index contributed by atoms with van der Waals surface area (Å²) in [7, 11) is 0. The van der Waals surface area contributed by atoms with E-state index in [-0.39, 0.29) is 12.5 Å². The predicted octanol–water partition coefficient (Wildman–Crippen LogP) is 2.44. The normalized spacial score (nSPS) is 10.2. The number of aryl methyl sites for hydroxylation is 1. The topological polar surface area (TPSA) is 81.4 Å². The number of primary amides is 1. The second-order valence-electron chi connectivity index (χ2n) is 5.04. The van der Waals surface area contributed by atoms with Gasteiger partial charge in [0.15, 0.2) is 6.61 Å². The fourth-order valence-electron chi connectivity index (χ4n) is 1.89. The van der Waals surface area contributed by atoms with Crippen LogP contribution in [0.2, 0.25) is 5.02 Å². The molecule has 120 valence electrons. The Balaban J connectivity index is 1.80. The van der Waals surface area contributed by atoms with Crippen LogP contribution in [0, 0.1) is 6.92 Å². The van der Waals surface area contributed by atoms with Gasteiger partial charge in [-0.2, -0.15) is 0 Å². The standard InChI is InChI=1S/C17H17ClN2O3/c1-11-8-14(6-7-15(11)18)23-10-16(21)20-9-12-2-4-13(5-3-12)17(19)22/h2-8H,9-10H2,1H3,(H2,19,22)(H,20,21). The van der Waals surface area contributed by atoms with Crippen molar-refractivity contribution in [1.82, 2.24) is 5.32 Å². The van der Waals surface area contributed by atoms with Crippen LogP contribution in [-0.2, 0) is 11.3 Å². The number of rotatable bonds is 6. The van der Waals surface area contributed by atoms with E-state index in [0.717, 1.165) is 11.1 Å². The molecule has 2 amide bonds. The largest absolute Gasteiger partial charge is 0.484 e. The van der Waals surface area contributed by atoms with Crippen molar-refractivity contribution >= 4 is 23.4 Å². The molecule has 2 aromatic rings. The Hall–Kier alpha value is -2.53. The molecule has 23 heavy (non-hydrogen) atoms. The van der Waals surface area contributed by atoms with E-state index in [0.29, 0.717) is 22.9 Å². The van der Waals surface area contributed by atoms with Gasteiger partial charge in [0.05, 0.1) is 0 Å². The van der Waals surface area contributed by atoms with E-state index in [1.807, 2.05) is 6.92 Å². The molecule has 0 saturated heterocycles. The molecule has 2 rings (SSSR count). The molecule has 0 radical (unpaired) electrons. The first kappa shape index (κ1) is 16.8. The summed E-state index contributed by atoms with van der Waals surface area (Å²) in [5.41, 5.74) is 7.35. The average molecular weight is 333 g/mol. The highest BCUT2D eigenvalue weighted by atomic mass is 35.5. The molecule has 0 unspecified atom stereocenters. The Bertz CT molecular complexity index is 714. The fraction of sp³-hybridized carbons (Fsp3) is 0.176. The lowest BCUT2D eigenvalue weighted by Crippen LogP contribution is -2.28. The van der Waals surface area contributed by atoms with Crippen LogP contribution >= 0.6 is 11.6 Å². The van der Waals surface area contributed by atoms with Crippen molar-refractivity contribution in [1.29, 1.82) is 0 Å². The molecule has 0 aliphatic carbocycles. The van der Waals surface area contributed by atoms with Crippen molar-refractivity contribution < 1.29 is 14.3 Å². The van der Waals surface area contributed by atoms with Crippen molar-refractivity contribution in [2.75, 3.05) is 6.61 Å². The molecule has 0 spiro atoms. The number of hydrogen-bond donors (Lipinski definition) is 2. The van der Waals surface area contributed by atoms with Gasteiger partial charge in [-0.25, -0.2) is 0 Å². The molecule has 0 aromatic heterocycles. The number of amides is 2. The summed E-state index contributed by atoms with van der Waals surface area (Å²) in [5, 5.41) is 3.39. The van der Waals surface area contributed by atoms with Gasteiger partial charge < -0.3 is 15.8 Å². The highest BCUT2D eigenvalue weighted by Crippen LogP contribution is 2.20. The van der Waals surface area contributed by atoms with Crippen LogP contribution in [0.4, 0.5) is 0 Å². The van der Waals surface area contributed by atoms with Crippen molar-refractivity contribution in [2.24, 2.45) is 5.73 Å². The van der Waals surface area contributed by atoms with E-state index < -0.39 is 5.91 Å². The molecule has 0 aliphatic rings. The molecular formula is C17H17ClN2O3. The molecule has 5 nitrogen and oxygen atoms in total. The van der Waals surface area contributed by atoms with Gasteiger partial charge in [0.1, 0.15) is 5.75 Å². The summed E-state index contributed by atoms with van der Waals surface area (Å²) < 4.78 is 5.41. The van der Waals surface area contributed by atoms with E-state index in [1.165, 1.54) is 0 Å². The third-order valence-corrected chi connectivity index (χ3v) is 3.65. The van der Waals surface area contributed by atoms with Gasteiger partial charge >= 0.3 is 0 Å². The van der Waals surface area contributed by atoms with Crippen molar-refractivity contribution in [3.8, 4) is 5.75 Å². The molecule has 0 aliphatic heterocycles. The Labute approximate surface area is 139 Å². The minimum atomic E-state index is -0.479. The second kappa shape index (κ2) is 7.65. The number of benzene rings is 2. The third-order valence-electron chi connectivity index (χ3n) is 3.23. The van der Waals surface area contributed by atoms with Crippen LogP contribution in [-0.4, -0.2) is 18.4 Å². The van der Waals surface area contributed by atoms with E-state index in [2.05, 4.69) is 5.32 Å². The molecule has 0 atom stereocenters. The van der Waals surface area contributed by atoms with E-state index in [4.69, 9.17) is 22.1 Å². The minimum Gasteiger partial charge on any atom is -0.484 e. The number of nitrogens with two attached hydrogens (primary N) is 1. The van der Waals surface area contributed by atoms with Crippen molar-refractivity contribution in [3.63, 3.8) is 0 Å². The summed E-state index contributed by atoms with van der Waals surface area (Å²) in [5.74, 6) is -0.128. The van der Waals surface area contributed by atoms with Crippen LogP contribution in [0.25, 0.3) is 0 Å². The van der Waals surface area contributed by atoms with Gasteiger partial charge in [0.25, 0.3) is 5.91 Å². The van der Waals surface area contributed by atoms with Crippen LogP contribution in [0.5, 0.6) is 5.75 Å². The quantitative estimate of drug-likeness (QED) is 0.852. The van der Waals surface area contributed by atoms with E-state index in [9.17, 15) is 9.59 Å². The molecular weight excluding hydrogens is 316 g/mol. The first-order valence-electron chi connectivity index (χ1n) is 7.00. The van der Waals surface area contributed by atoms with Crippen LogP contribution in [0.15, 0.2) is 42.5 Å². The zero-order valence-corrected chi connectivity index (χ0v) is 13.4. The van der Waals surface area contributed by atoms with Crippen molar-refractivity contribution in [3.05, 3.63) is 64.2 Å². The van der Waals surface area contributed by atoms with Gasteiger partial charge in [-0.15, -0.1) is 0 Å². The lowest BCUT2D eigenvalue weighted by Gasteiger charge is -2.09. The first-order chi connectivity index (χ1) is 11.0. The highest BCUT2D eigenvalue weighted by Gasteiger charge is 2.05. The maximum absolute atomic E-state index is 11.8. The minimum absolute atomic E-state index is 0.0829. The Morgan fingerprint density at radius 3 is 2.48 bits per heavy atom. The summed E-state index contributed by atoms with van der Waals surface area (Å²) in [4.78, 5) is 22.8. The van der Waals surface area contributed by atoms with Crippen LogP contribution in [0.3, 0.4) is 0 Å². The number of carbonyl (C=O) groups excluding carboxylic acids is 2. The summed E-state index contributed by atoms with van der Waals surface area (Å²) in [6.45, 7) is 2.13. The maximum Gasteiger partial charge on any atom is 0.258 e. The van der Waals surface area contributed by atoms with E-state index in [1.54, 1.807) is 42.5 Å². The van der Waals surface area contributed by atoms with Gasteiger partial charge in [-0.3, -0.25) is 9.59 Å². The molecule has 6 heteroatoms. The Morgan fingerprint density at radius 2 is 1.87 bits per heavy atom. The van der Waals surface area contributed by atoms with Gasteiger partial charge in [-0.05, 0) is 48.4 Å². The maximum atomic E-state index is 11.8. The monoisotopic (exact) mass is 332 g/mol. The van der Waals surface area contributed by atoms with Crippen LogP contribution < -0.4 is 15.8 Å². The number of hydrogen-bond acceptors (Lipinski definition) is 3. The van der Waals surface area contributed by atoms with Crippen LogP contribution in [0.1, 0.15) is 21.5 Å². The summed E-state index contributed by atoms with van der Waals surface area (Å²) >= 11 is 5.93. The summed E-state index contributed by atoms with van der Waals surface area (Å²) in [6.07, 6.45) is 0. The number of ether oxygens (including phenoxy) is 1. The lowest BCUT2D eigenvalue weighted by molar-refractivity contribution is -0.123. The smallest absolute Gasteiger partial charge is 0.258 e. The fourth-order valence-corrected chi connectivity index (χ4v) is 2.01. The van der Waals surface area contributed by atoms with E-state index >= 15 is 0 Å². The Kier molecular flexibility index (Phi) is 5.60. The zero-order valence-electron chi connectivity index (χ0n) is 12.6. The molecule has 0 bridgehead atoms. The summed E-state index contributed by atoms with van der Waals surface area (Å²) in [6, 6.07) is 11.9. The van der Waals surface area contributed by atoms with Gasteiger partial charge in [-0.1, -0.05) is 23.7 Å². The zero-order chi connectivity index (χ0) is 16.8. The number of halogens is 1. The predicted molar refractivity (Wildman–Crippen MR) is 88.5 cm³/mol. The van der Waals surface area contributed by atoms with Crippen molar-refractivity contribution in [2.45, 2.75) is 13.5 Å². The second-order valence-corrected chi connectivity index (χ2v) is 5.44. The first-order valence-corrected chi connectivity index (χ1v) is 7.38. The SMILES string of the molecule is Cc1cc(OCC(=O)NCc2ccc(C(N)=O)cc2)ccc1Cl. The lowest BCUT2D eigenvalue weighted by atomic mass is 10.1. The number of nitrogens with one attached hydrogen (secondary N) is 1. The van der Waals surface area contributed by atoms with Gasteiger partial charge in [0, 0.05) is 17.1 Å². The molecule has 2 aromatic carbocycles. The molecule has 0 fully saturated rings. The molecule has 0 heterocycles. The van der Waals surface area contributed by atoms with Gasteiger partial charge in [0.2, 0.25) is 5.91 Å². The Morgan fingerprint density at radius 1 is 1.17 bits per heavy atom. The molecule has 3 N–H and O–H groups in total. The average Bonchev–Trinajstić information content (AvgIpc) is 2.54. The third kappa shape index (κ3) is 5.00. The number of carbonyl (C=O) groups is 2. The highest BCUT2D eigenvalue weighted by molar-refractivity contribution is 6.31.